The van der Waals surface area contributed by atoms with Gasteiger partial charge in [-0.1, -0.05) is 49.2 Å². The lowest BCUT2D eigenvalue weighted by atomic mass is 9.91. The molecule has 0 saturated carbocycles. The normalized spacial score (nSPS) is 11.9. The summed E-state index contributed by atoms with van der Waals surface area (Å²) >= 11 is 12.6. The molecule has 0 saturated heterocycles. The monoisotopic (exact) mass is 364 g/mol. The second-order valence-electron chi connectivity index (χ2n) is 5.36. The number of methoxy groups -OCH3 is 2. The molecule has 0 amide bonds. The van der Waals surface area contributed by atoms with Crippen LogP contribution in [0.25, 0.3) is 11.1 Å². The Bertz CT molecular complexity index is 688. The first kappa shape index (κ1) is 18.7. The van der Waals surface area contributed by atoms with Crippen LogP contribution in [0.2, 0.25) is 10.0 Å². The summed E-state index contributed by atoms with van der Waals surface area (Å²) in [7, 11) is 3.24. The number of hydrogen-bond acceptors (Lipinski definition) is 2. The van der Waals surface area contributed by atoms with Gasteiger partial charge in [0.1, 0.15) is 11.5 Å². The maximum atomic E-state index is 6.30. The maximum Gasteiger partial charge on any atom is 0.137 e. The van der Waals surface area contributed by atoms with E-state index in [4.69, 9.17) is 32.7 Å². The van der Waals surface area contributed by atoms with Crippen LogP contribution in [-0.4, -0.2) is 14.2 Å². The smallest absolute Gasteiger partial charge is 0.137 e. The van der Waals surface area contributed by atoms with E-state index < -0.39 is 0 Å². The first-order valence-corrected chi connectivity index (χ1v) is 8.71. The standard InChI is InChI=1S/C20H22Cl2O2/c1-5-15(13-7-9-19(23-3)17(21)11-13)16(6-2)14-8-10-20(24-4)18(22)12-14/h7-12H,5-6H2,1-4H3/b16-15-. The molecular weight excluding hydrogens is 343 g/mol. The first-order chi connectivity index (χ1) is 11.5. The number of hydrogen-bond donors (Lipinski definition) is 0. The first-order valence-electron chi connectivity index (χ1n) is 7.95. The van der Waals surface area contributed by atoms with E-state index in [-0.39, 0.29) is 0 Å². The van der Waals surface area contributed by atoms with Crippen LogP contribution >= 0.6 is 23.2 Å². The number of allylic oxidation sites excluding steroid dienone is 2. The molecule has 128 valence electrons. The molecule has 0 aliphatic rings. The van der Waals surface area contributed by atoms with Gasteiger partial charge in [-0.15, -0.1) is 0 Å². The van der Waals surface area contributed by atoms with Gasteiger partial charge in [-0.3, -0.25) is 0 Å². The number of halogens is 2. The topological polar surface area (TPSA) is 18.5 Å². The molecule has 2 aromatic rings. The predicted molar refractivity (Wildman–Crippen MR) is 103 cm³/mol. The van der Waals surface area contributed by atoms with E-state index in [2.05, 4.69) is 13.8 Å². The molecule has 0 fully saturated rings. The van der Waals surface area contributed by atoms with Gasteiger partial charge in [0.15, 0.2) is 0 Å². The van der Waals surface area contributed by atoms with Gasteiger partial charge >= 0.3 is 0 Å². The Kier molecular flexibility index (Phi) is 6.59. The highest BCUT2D eigenvalue weighted by molar-refractivity contribution is 6.32. The second-order valence-corrected chi connectivity index (χ2v) is 6.18. The molecule has 0 aliphatic carbocycles. The molecule has 0 aromatic heterocycles. The molecule has 0 unspecified atom stereocenters. The van der Waals surface area contributed by atoms with Crippen molar-refractivity contribution < 1.29 is 9.47 Å². The highest BCUT2D eigenvalue weighted by Crippen LogP contribution is 2.37. The molecule has 2 rings (SSSR count). The minimum atomic E-state index is 0.615. The lowest BCUT2D eigenvalue weighted by Gasteiger charge is -2.16. The van der Waals surface area contributed by atoms with Crippen LogP contribution in [0, 0.1) is 0 Å². The van der Waals surface area contributed by atoms with E-state index in [0.29, 0.717) is 21.5 Å². The SMILES string of the molecule is CC/C(=C(\CC)c1ccc(OC)c(Cl)c1)c1ccc(OC)c(Cl)c1. The molecule has 0 aliphatic heterocycles. The zero-order chi connectivity index (χ0) is 17.7. The van der Waals surface area contributed by atoms with Crippen molar-refractivity contribution >= 4 is 34.3 Å². The average Bonchev–Trinajstić information content (AvgIpc) is 2.59. The Morgan fingerprint density at radius 2 is 1.12 bits per heavy atom. The number of ether oxygens (including phenoxy) is 2. The van der Waals surface area contributed by atoms with Crippen LogP contribution in [0.1, 0.15) is 37.8 Å². The Morgan fingerprint density at radius 1 is 0.750 bits per heavy atom. The van der Waals surface area contributed by atoms with Crippen LogP contribution in [0.15, 0.2) is 36.4 Å². The van der Waals surface area contributed by atoms with Gasteiger partial charge in [0.05, 0.1) is 24.3 Å². The average molecular weight is 365 g/mol. The predicted octanol–water partition coefficient (Wildman–Crippen LogP) is 6.74. The third kappa shape index (κ3) is 3.88. The van der Waals surface area contributed by atoms with E-state index in [1.807, 2.05) is 36.4 Å². The Hall–Kier alpha value is -1.64. The molecule has 0 radical (unpaired) electrons. The molecule has 0 bridgehead atoms. The van der Waals surface area contributed by atoms with E-state index in [1.165, 1.54) is 11.1 Å². The zero-order valence-corrected chi connectivity index (χ0v) is 16.0. The van der Waals surface area contributed by atoms with Gasteiger partial charge < -0.3 is 9.47 Å². The zero-order valence-electron chi connectivity index (χ0n) is 14.5. The van der Waals surface area contributed by atoms with Crippen molar-refractivity contribution in [2.75, 3.05) is 14.2 Å². The van der Waals surface area contributed by atoms with Crippen molar-refractivity contribution in [3.8, 4) is 11.5 Å². The highest BCUT2D eigenvalue weighted by atomic mass is 35.5. The van der Waals surface area contributed by atoms with E-state index in [9.17, 15) is 0 Å². The summed E-state index contributed by atoms with van der Waals surface area (Å²) in [6.45, 7) is 4.29. The summed E-state index contributed by atoms with van der Waals surface area (Å²) < 4.78 is 10.5. The quantitative estimate of drug-likeness (QED) is 0.528. The van der Waals surface area contributed by atoms with Crippen molar-refractivity contribution in [2.24, 2.45) is 0 Å². The molecule has 0 heterocycles. The summed E-state index contributed by atoms with van der Waals surface area (Å²) in [6, 6.07) is 11.8. The van der Waals surface area contributed by atoms with Crippen molar-refractivity contribution in [1.82, 2.24) is 0 Å². The fourth-order valence-corrected chi connectivity index (χ4v) is 3.41. The third-order valence-electron chi connectivity index (χ3n) is 4.07. The van der Waals surface area contributed by atoms with Gasteiger partial charge in [-0.2, -0.15) is 0 Å². The summed E-state index contributed by atoms with van der Waals surface area (Å²) in [5.41, 5.74) is 4.71. The fourth-order valence-electron chi connectivity index (χ4n) is 2.89. The van der Waals surface area contributed by atoms with Crippen LogP contribution in [-0.2, 0) is 0 Å². The molecule has 2 nitrogen and oxygen atoms in total. The van der Waals surface area contributed by atoms with Gasteiger partial charge in [0, 0.05) is 0 Å². The Morgan fingerprint density at radius 3 is 1.38 bits per heavy atom. The largest absolute Gasteiger partial charge is 0.495 e. The highest BCUT2D eigenvalue weighted by Gasteiger charge is 2.12. The van der Waals surface area contributed by atoms with Crippen LogP contribution in [0.5, 0.6) is 11.5 Å². The van der Waals surface area contributed by atoms with Crippen molar-refractivity contribution in [3.05, 3.63) is 57.6 Å². The van der Waals surface area contributed by atoms with E-state index in [0.717, 1.165) is 24.0 Å². The Balaban J connectivity index is 2.57. The molecule has 2 aromatic carbocycles. The lowest BCUT2D eigenvalue weighted by molar-refractivity contribution is 0.415. The Labute approximate surface area is 154 Å². The van der Waals surface area contributed by atoms with Crippen LogP contribution in [0.4, 0.5) is 0 Å². The minimum Gasteiger partial charge on any atom is -0.495 e. The summed E-state index contributed by atoms with van der Waals surface area (Å²) in [6.07, 6.45) is 1.80. The van der Waals surface area contributed by atoms with Gasteiger partial charge in [0.2, 0.25) is 0 Å². The summed E-state index contributed by atoms with van der Waals surface area (Å²) in [4.78, 5) is 0. The van der Waals surface area contributed by atoms with Crippen molar-refractivity contribution in [2.45, 2.75) is 26.7 Å². The lowest BCUT2D eigenvalue weighted by Crippen LogP contribution is -1.94. The van der Waals surface area contributed by atoms with Gasteiger partial charge in [-0.25, -0.2) is 0 Å². The number of benzene rings is 2. The molecule has 4 heteroatoms. The second kappa shape index (κ2) is 8.46. The molecule has 0 spiro atoms. The van der Waals surface area contributed by atoms with Crippen LogP contribution < -0.4 is 9.47 Å². The summed E-state index contributed by atoms with van der Waals surface area (Å²) in [5.74, 6) is 1.36. The van der Waals surface area contributed by atoms with E-state index >= 15 is 0 Å². The minimum absolute atomic E-state index is 0.615. The third-order valence-corrected chi connectivity index (χ3v) is 4.66. The summed E-state index contributed by atoms with van der Waals surface area (Å²) in [5, 5.41) is 1.23. The van der Waals surface area contributed by atoms with Crippen molar-refractivity contribution in [3.63, 3.8) is 0 Å². The van der Waals surface area contributed by atoms with Crippen LogP contribution in [0.3, 0.4) is 0 Å². The van der Waals surface area contributed by atoms with E-state index in [1.54, 1.807) is 14.2 Å². The molecular formula is C20H22Cl2O2. The van der Waals surface area contributed by atoms with Gasteiger partial charge in [-0.05, 0) is 59.4 Å². The fraction of sp³-hybridized carbons (Fsp3) is 0.300. The molecule has 0 N–H and O–H groups in total. The molecule has 0 atom stereocenters. The molecule has 24 heavy (non-hydrogen) atoms. The van der Waals surface area contributed by atoms with Crippen molar-refractivity contribution in [1.29, 1.82) is 0 Å². The number of rotatable bonds is 6. The van der Waals surface area contributed by atoms with Gasteiger partial charge in [0.25, 0.3) is 0 Å². The maximum absolute atomic E-state index is 6.30.